The number of hydrogen-bond donors (Lipinski definition) is 1. The van der Waals surface area contributed by atoms with Gasteiger partial charge in [0.25, 0.3) is 0 Å². The molecular weight excluding hydrogens is 260 g/mol. The first-order chi connectivity index (χ1) is 9.15. The predicted molar refractivity (Wildman–Crippen MR) is 78.1 cm³/mol. The van der Waals surface area contributed by atoms with Crippen LogP contribution in [0, 0.1) is 6.92 Å². The number of nitrogens with one attached hydrogen (secondary N) is 1. The van der Waals surface area contributed by atoms with Crippen molar-refractivity contribution in [2.75, 3.05) is 5.32 Å². The molecule has 96 valence electrons. The van der Waals surface area contributed by atoms with E-state index >= 15 is 0 Å². The molecule has 2 rings (SSSR count). The van der Waals surface area contributed by atoms with Gasteiger partial charge in [0.05, 0.1) is 0 Å². The number of rotatable bonds is 3. The highest BCUT2D eigenvalue weighted by Crippen LogP contribution is 2.12. The van der Waals surface area contributed by atoms with Gasteiger partial charge in [-0.25, -0.2) is 4.98 Å². The van der Waals surface area contributed by atoms with E-state index in [1.54, 1.807) is 24.4 Å². The van der Waals surface area contributed by atoms with Crippen LogP contribution in [0.4, 0.5) is 5.82 Å². The standard InChI is InChI=1S/C15H13ClN2O/c1-11-4-3-9-17-15(11)18-14(19)8-7-12-5-2-6-13(16)10-12/h2-10H,1H3,(H,17,18,19). The third kappa shape index (κ3) is 3.93. The molecule has 1 aromatic carbocycles. The summed E-state index contributed by atoms with van der Waals surface area (Å²) in [6.45, 7) is 1.89. The van der Waals surface area contributed by atoms with Gasteiger partial charge in [0, 0.05) is 17.3 Å². The Hall–Kier alpha value is -2.13. The van der Waals surface area contributed by atoms with Crippen molar-refractivity contribution < 1.29 is 4.79 Å². The molecule has 1 heterocycles. The number of carbonyl (C=O) groups is 1. The second-order valence-electron chi connectivity index (χ2n) is 4.05. The molecule has 2 aromatic rings. The number of hydrogen-bond acceptors (Lipinski definition) is 2. The van der Waals surface area contributed by atoms with Crippen LogP contribution in [0.2, 0.25) is 5.02 Å². The Labute approximate surface area is 116 Å². The van der Waals surface area contributed by atoms with Gasteiger partial charge in [0.1, 0.15) is 5.82 Å². The zero-order chi connectivity index (χ0) is 13.7. The fraction of sp³-hybridized carbons (Fsp3) is 0.0667. The van der Waals surface area contributed by atoms with E-state index in [0.717, 1.165) is 11.1 Å². The summed E-state index contributed by atoms with van der Waals surface area (Å²) in [5.74, 6) is 0.352. The molecule has 0 aliphatic rings. The third-order valence-corrected chi connectivity index (χ3v) is 2.76. The molecule has 0 bridgehead atoms. The Morgan fingerprint density at radius 1 is 1.32 bits per heavy atom. The molecule has 0 aliphatic heterocycles. The SMILES string of the molecule is Cc1cccnc1NC(=O)C=Cc1cccc(Cl)c1. The van der Waals surface area contributed by atoms with Crippen LogP contribution in [0.1, 0.15) is 11.1 Å². The molecule has 1 amide bonds. The largest absolute Gasteiger partial charge is 0.307 e. The summed E-state index contributed by atoms with van der Waals surface area (Å²) >= 11 is 5.87. The van der Waals surface area contributed by atoms with Crippen LogP contribution in [0.3, 0.4) is 0 Å². The van der Waals surface area contributed by atoms with Gasteiger partial charge in [0.15, 0.2) is 0 Å². The van der Waals surface area contributed by atoms with Gasteiger partial charge in [-0.2, -0.15) is 0 Å². The first-order valence-electron chi connectivity index (χ1n) is 5.81. The molecule has 0 radical (unpaired) electrons. The van der Waals surface area contributed by atoms with Crippen LogP contribution in [0.25, 0.3) is 6.08 Å². The van der Waals surface area contributed by atoms with Crippen molar-refractivity contribution in [2.24, 2.45) is 0 Å². The zero-order valence-electron chi connectivity index (χ0n) is 10.4. The molecule has 3 nitrogen and oxygen atoms in total. The van der Waals surface area contributed by atoms with E-state index in [1.165, 1.54) is 6.08 Å². The van der Waals surface area contributed by atoms with Crippen molar-refractivity contribution in [1.29, 1.82) is 0 Å². The van der Waals surface area contributed by atoms with Gasteiger partial charge in [-0.05, 0) is 42.3 Å². The summed E-state index contributed by atoms with van der Waals surface area (Å²) in [6.07, 6.45) is 4.81. The summed E-state index contributed by atoms with van der Waals surface area (Å²) in [4.78, 5) is 15.9. The molecule has 0 atom stereocenters. The highest BCUT2D eigenvalue weighted by Gasteiger charge is 2.01. The maximum atomic E-state index is 11.8. The Morgan fingerprint density at radius 2 is 2.16 bits per heavy atom. The Kier molecular flexibility index (Phi) is 4.31. The molecule has 0 fully saturated rings. The minimum Gasteiger partial charge on any atom is -0.307 e. The summed E-state index contributed by atoms with van der Waals surface area (Å²) in [5.41, 5.74) is 1.80. The summed E-state index contributed by atoms with van der Waals surface area (Å²) in [7, 11) is 0. The predicted octanol–water partition coefficient (Wildman–Crippen LogP) is 3.70. The number of halogens is 1. The molecule has 0 saturated heterocycles. The van der Waals surface area contributed by atoms with E-state index in [2.05, 4.69) is 10.3 Å². The number of benzene rings is 1. The van der Waals surface area contributed by atoms with Crippen LogP contribution in [0.5, 0.6) is 0 Å². The van der Waals surface area contributed by atoms with Crippen molar-refractivity contribution in [3.8, 4) is 0 Å². The molecule has 0 saturated carbocycles. The lowest BCUT2D eigenvalue weighted by molar-refractivity contribution is -0.111. The number of aromatic nitrogens is 1. The molecule has 1 N–H and O–H groups in total. The third-order valence-electron chi connectivity index (χ3n) is 2.53. The van der Waals surface area contributed by atoms with Gasteiger partial charge >= 0.3 is 0 Å². The van der Waals surface area contributed by atoms with E-state index < -0.39 is 0 Å². The normalized spacial score (nSPS) is 10.6. The van der Waals surface area contributed by atoms with Gasteiger partial charge in [-0.1, -0.05) is 29.8 Å². The van der Waals surface area contributed by atoms with E-state index in [4.69, 9.17) is 11.6 Å². The van der Waals surface area contributed by atoms with Crippen LogP contribution in [0.15, 0.2) is 48.7 Å². The van der Waals surface area contributed by atoms with Crippen molar-refractivity contribution in [2.45, 2.75) is 6.92 Å². The van der Waals surface area contributed by atoms with E-state index in [-0.39, 0.29) is 5.91 Å². The van der Waals surface area contributed by atoms with E-state index in [1.807, 2.05) is 31.2 Å². The van der Waals surface area contributed by atoms with Crippen LogP contribution < -0.4 is 5.32 Å². The minimum absolute atomic E-state index is 0.221. The van der Waals surface area contributed by atoms with Crippen LogP contribution in [-0.4, -0.2) is 10.9 Å². The van der Waals surface area contributed by atoms with E-state index in [0.29, 0.717) is 10.8 Å². The Bertz CT molecular complexity index is 623. The number of nitrogens with zero attached hydrogens (tertiary/aromatic N) is 1. The summed E-state index contributed by atoms with van der Waals surface area (Å²) in [6, 6.07) is 11.0. The molecule has 1 aromatic heterocycles. The first-order valence-corrected chi connectivity index (χ1v) is 6.19. The zero-order valence-corrected chi connectivity index (χ0v) is 11.2. The maximum absolute atomic E-state index is 11.8. The number of anilines is 1. The second-order valence-corrected chi connectivity index (χ2v) is 4.48. The molecule has 0 aliphatic carbocycles. The van der Waals surface area contributed by atoms with Crippen molar-refractivity contribution in [3.63, 3.8) is 0 Å². The highest BCUT2D eigenvalue weighted by molar-refractivity contribution is 6.30. The number of pyridine rings is 1. The number of carbonyl (C=O) groups excluding carboxylic acids is 1. The van der Waals surface area contributed by atoms with Gasteiger partial charge < -0.3 is 5.32 Å². The highest BCUT2D eigenvalue weighted by atomic mass is 35.5. The minimum atomic E-state index is -0.221. The smallest absolute Gasteiger partial charge is 0.249 e. The maximum Gasteiger partial charge on any atom is 0.249 e. The molecule has 4 heteroatoms. The average Bonchev–Trinajstić information content (AvgIpc) is 2.39. The van der Waals surface area contributed by atoms with Crippen LogP contribution in [-0.2, 0) is 4.79 Å². The Morgan fingerprint density at radius 3 is 2.89 bits per heavy atom. The lowest BCUT2D eigenvalue weighted by atomic mass is 10.2. The second kappa shape index (κ2) is 6.16. The molecule has 0 spiro atoms. The fourth-order valence-electron chi connectivity index (χ4n) is 1.56. The topological polar surface area (TPSA) is 42.0 Å². The van der Waals surface area contributed by atoms with Crippen LogP contribution >= 0.6 is 11.6 Å². The lowest BCUT2D eigenvalue weighted by Crippen LogP contribution is -2.10. The van der Waals surface area contributed by atoms with Crippen molar-refractivity contribution in [1.82, 2.24) is 4.98 Å². The molecule has 0 unspecified atom stereocenters. The van der Waals surface area contributed by atoms with Gasteiger partial charge in [0.2, 0.25) is 5.91 Å². The lowest BCUT2D eigenvalue weighted by Gasteiger charge is -2.03. The average molecular weight is 273 g/mol. The quantitative estimate of drug-likeness (QED) is 0.866. The summed E-state index contributed by atoms with van der Waals surface area (Å²) in [5, 5.41) is 3.37. The molecular formula is C15H13ClN2O. The van der Waals surface area contributed by atoms with Crippen molar-refractivity contribution in [3.05, 3.63) is 64.8 Å². The fourth-order valence-corrected chi connectivity index (χ4v) is 1.76. The number of aryl methyl sites for hydroxylation is 1. The van der Waals surface area contributed by atoms with Crippen molar-refractivity contribution >= 4 is 29.4 Å². The monoisotopic (exact) mass is 272 g/mol. The Balaban J connectivity index is 2.04. The van der Waals surface area contributed by atoms with E-state index in [9.17, 15) is 4.79 Å². The number of amides is 1. The first kappa shape index (κ1) is 13.3. The van der Waals surface area contributed by atoms with Gasteiger partial charge in [-0.15, -0.1) is 0 Å². The van der Waals surface area contributed by atoms with Gasteiger partial charge in [-0.3, -0.25) is 4.79 Å². The summed E-state index contributed by atoms with van der Waals surface area (Å²) < 4.78 is 0. The molecule has 19 heavy (non-hydrogen) atoms.